The molecule has 1 aromatic carbocycles. The van der Waals surface area contributed by atoms with Gasteiger partial charge in [0, 0.05) is 29.5 Å². The van der Waals surface area contributed by atoms with Crippen molar-refractivity contribution in [2.75, 3.05) is 20.2 Å². The highest BCUT2D eigenvalue weighted by Crippen LogP contribution is 2.61. The lowest BCUT2D eigenvalue weighted by Crippen LogP contribution is -2.65. The maximum Gasteiger partial charge on any atom is 0.153 e. The third-order valence-electron chi connectivity index (χ3n) is 6.67. The monoisotopic (exact) mass is 325 g/mol. The van der Waals surface area contributed by atoms with Crippen molar-refractivity contribution in [3.05, 3.63) is 41.0 Å². The Bertz CT molecular complexity index is 743. The second kappa shape index (κ2) is 4.93. The molecule has 1 saturated heterocycles. The van der Waals surface area contributed by atoms with Gasteiger partial charge in [-0.3, -0.25) is 4.79 Å². The second-order valence-electron chi connectivity index (χ2n) is 7.55. The Balaban J connectivity index is 1.77. The summed E-state index contributed by atoms with van der Waals surface area (Å²) >= 11 is 0. The number of likely N-dealkylation sites (tertiary alicyclic amines) is 1. The van der Waals surface area contributed by atoms with Crippen LogP contribution < -0.4 is 4.74 Å². The highest BCUT2D eigenvalue weighted by molar-refractivity contribution is 5.82. The fourth-order valence-electron chi connectivity index (χ4n) is 5.68. The Hall–Kier alpha value is -1.65. The molecule has 0 saturated carbocycles. The van der Waals surface area contributed by atoms with Crippen molar-refractivity contribution in [1.29, 1.82) is 0 Å². The molecule has 126 valence electrons. The summed E-state index contributed by atoms with van der Waals surface area (Å²) in [4.78, 5) is 14.1. The van der Waals surface area contributed by atoms with Gasteiger partial charge in [-0.25, -0.2) is 0 Å². The van der Waals surface area contributed by atoms with Crippen LogP contribution in [0.1, 0.15) is 34.8 Å². The first-order valence-corrected chi connectivity index (χ1v) is 8.99. The molecule has 24 heavy (non-hydrogen) atoms. The third kappa shape index (κ3) is 1.58. The maximum absolute atomic E-state index is 11.6. The van der Waals surface area contributed by atoms with E-state index < -0.39 is 0 Å². The van der Waals surface area contributed by atoms with Gasteiger partial charge in [0.05, 0.1) is 5.56 Å². The van der Waals surface area contributed by atoms with Crippen molar-refractivity contribution in [1.82, 2.24) is 4.90 Å². The minimum absolute atomic E-state index is 0.0150. The molecule has 0 amide bonds. The van der Waals surface area contributed by atoms with Crippen LogP contribution in [0.15, 0.2) is 24.3 Å². The van der Waals surface area contributed by atoms with Gasteiger partial charge in [0.15, 0.2) is 6.29 Å². The molecule has 0 aromatic heterocycles. The zero-order valence-electron chi connectivity index (χ0n) is 14.2. The number of likely N-dealkylation sites (N-methyl/N-ethyl adjacent to an activating group) is 1. The summed E-state index contributed by atoms with van der Waals surface area (Å²) in [5.41, 5.74) is 3.31. The maximum atomic E-state index is 11.6. The van der Waals surface area contributed by atoms with Crippen molar-refractivity contribution in [2.24, 2.45) is 5.92 Å². The van der Waals surface area contributed by atoms with Crippen LogP contribution >= 0.6 is 0 Å². The van der Waals surface area contributed by atoms with Gasteiger partial charge < -0.3 is 14.4 Å². The summed E-state index contributed by atoms with van der Waals surface area (Å²) in [6.45, 7) is 3.76. The van der Waals surface area contributed by atoms with E-state index in [0.717, 1.165) is 31.4 Å². The Labute approximate surface area is 142 Å². The van der Waals surface area contributed by atoms with Crippen molar-refractivity contribution in [3.63, 3.8) is 0 Å². The van der Waals surface area contributed by atoms with Gasteiger partial charge in [0.25, 0.3) is 0 Å². The van der Waals surface area contributed by atoms with E-state index in [1.165, 1.54) is 11.1 Å². The largest absolute Gasteiger partial charge is 0.485 e. The molecule has 1 aromatic rings. The molecule has 4 nitrogen and oxygen atoms in total. The molecule has 2 aliphatic carbocycles. The van der Waals surface area contributed by atoms with E-state index in [9.17, 15) is 4.79 Å². The Morgan fingerprint density at radius 3 is 3.08 bits per heavy atom. The lowest BCUT2D eigenvalue weighted by Gasteiger charge is -2.56. The lowest BCUT2D eigenvalue weighted by atomic mass is 9.53. The SMILES string of the molecule is CCO[C@H]1C=CC2C3Cc4ccc(C=O)c5c4[C@@]2(CCN3C)C1O5. The van der Waals surface area contributed by atoms with Crippen LogP contribution in [-0.2, 0) is 16.6 Å². The minimum Gasteiger partial charge on any atom is -0.485 e. The van der Waals surface area contributed by atoms with Gasteiger partial charge in [-0.05, 0) is 45.0 Å². The summed E-state index contributed by atoms with van der Waals surface area (Å²) in [5, 5.41) is 0. The molecule has 2 bridgehead atoms. The average Bonchev–Trinajstić information content (AvgIpc) is 2.94. The third-order valence-corrected chi connectivity index (χ3v) is 6.67. The lowest BCUT2D eigenvalue weighted by molar-refractivity contribution is -0.0679. The number of rotatable bonds is 3. The normalized spacial score (nSPS) is 38.6. The van der Waals surface area contributed by atoms with E-state index in [1.807, 2.05) is 13.0 Å². The van der Waals surface area contributed by atoms with Crippen LogP contribution in [0, 0.1) is 5.92 Å². The number of nitrogens with zero attached hydrogens (tertiary/aromatic N) is 1. The number of hydrogen-bond acceptors (Lipinski definition) is 4. The summed E-state index contributed by atoms with van der Waals surface area (Å²) < 4.78 is 12.5. The smallest absolute Gasteiger partial charge is 0.153 e. The molecule has 0 N–H and O–H groups in total. The number of carbonyl (C=O) groups excluding carboxylic acids is 1. The fraction of sp³-hybridized carbons (Fsp3) is 0.550. The summed E-state index contributed by atoms with van der Waals surface area (Å²) in [6, 6.07) is 4.57. The number of piperidine rings is 1. The van der Waals surface area contributed by atoms with Crippen LogP contribution in [0.5, 0.6) is 5.75 Å². The van der Waals surface area contributed by atoms with Crippen LogP contribution in [-0.4, -0.2) is 49.6 Å². The molecule has 2 aliphatic heterocycles. The number of carbonyl (C=O) groups is 1. The quantitative estimate of drug-likeness (QED) is 0.632. The van der Waals surface area contributed by atoms with Gasteiger partial charge >= 0.3 is 0 Å². The molecule has 2 heterocycles. The van der Waals surface area contributed by atoms with Gasteiger partial charge in [-0.15, -0.1) is 0 Å². The Morgan fingerprint density at radius 1 is 1.42 bits per heavy atom. The fourth-order valence-corrected chi connectivity index (χ4v) is 5.68. The number of benzene rings is 1. The topological polar surface area (TPSA) is 38.8 Å². The van der Waals surface area contributed by atoms with Crippen LogP contribution in [0.25, 0.3) is 0 Å². The Kier molecular flexibility index (Phi) is 3.01. The number of hydrogen-bond donors (Lipinski definition) is 0. The molecule has 0 radical (unpaired) electrons. The van der Waals surface area contributed by atoms with Gasteiger partial charge in [0.2, 0.25) is 0 Å². The molecule has 5 rings (SSSR count). The molecule has 4 aliphatic rings. The van der Waals surface area contributed by atoms with Crippen molar-refractivity contribution in [3.8, 4) is 5.75 Å². The molecule has 3 unspecified atom stereocenters. The van der Waals surface area contributed by atoms with Crippen LogP contribution in [0.4, 0.5) is 0 Å². The first-order chi connectivity index (χ1) is 11.7. The highest BCUT2D eigenvalue weighted by atomic mass is 16.5. The summed E-state index contributed by atoms with van der Waals surface area (Å²) in [7, 11) is 2.23. The highest BCUT2D eigenvalue weighted by Gasteiger charge is 2.64. The van der Waals surface area contributed by atoms with E-state index >= 15 is 0 Å². The molecular formula is C20H23NO3. The number of aldehydes is 1. The summed E-state index contributed by atoms with van der Waals surface area (Å²) in [5.74, 6) is 1.27. The Morgan fingerprint density at radius 2 is 2.29 bits per heavy atom. The molecule has 5 atom stereocenters. The van der Waals surface area contributed by atoms with E-state index in [0.29, 0.717) is 24.1 Å². The second-order valence-corrected chi connectivity index (χ2v) is 7.55. The predicted octanol–water partition coefficient (Wildman–Crippen LogP) is 2.35. The van der Waals surface area contributed by atoms with E-state index in [-0.39, 0.29) is 17.6 Å². The standard InChI is InChI=1S/C20H23NO3/c1-3-23-16-7-6-14-15-10-12-4-5-13(11-22)18-17(12)20(14,19(16)24-18)8-9-21(15)2/h4-7,11,14-16,19H,3,8-10H2,1-2H3/t14?,15?,16-,19?,20-/m0/s1. The average molecular weight is 325 g/mol. The molecule has 1 spiro atoms. The van der Waals surface area contributed by atoms with E-state index in [2.05, 4.69) is 30.2 Å². The van der Waals surface area contributed by atoms with Gasteiger partial charge in [-0.2, -0.15) is 0 Å². The van der Waals surface area contributed by atoms with Crippen LogP contribution in [0.3, 0.4) is 0 Å². The van der Waals surface area contributed by atoms with Crippen molar-refractivity contribution < 1.29 is 14.3 Å². The zero-order valence-corrected chi connectivity index (χ0v) is 14.2. The molecule has 4 heteroatoms. The molecule has 1 fully saturated rings. The number of ether oxygens (including phenoxy) is 2. The predicted molar refractivity (Wildman–Crippen MR) is 90.7 cm³/mol. The van der Waals surface area contributed by atoms with Gasteiger partial charge in [-0.1, -0.05) is 18.2 Å². The van der Waals surface area contributed by atoms with Crippen LogP contribution in [0.2, 0.25) is 0 Å². The molecular weight excluding hydrogens is 302 g/mol. The van der Waals surface area contributed by atoms with E-state index in [1.54, 1.807) is 0 Å². The van der Waals surface area contributed by atoms with Gasteiger partial charge in [0.1, 0.15) is 18.0 Å². The van der Waals surface area contributed by atoms with E-state index in [4.69, 9.17) is 9.47 Å². The first-order valence-electron chi connectivity index (χ1n) is 8.99. The summed E-state index contributed by atoms with van der Waals surface area (Å²) in [6.07, 6.45) is 7.54. The minimum atomic E-state index is -0.0341. The van der Waals surface area contributed by atoms with Crippen molar-refractivity contribution >= 4 is 6.29 Å². The first kappa shape index (κ1) is 14.7. The zero-order chi connectivity index (χ0) is 16.5. The van der Waals surface area contributed by atoms with Crippen molar-refractivity contribution in [2.45, 2.75) is 43.4 Å².